The maximum Gasteiger partial charge on any atom is 0.163 e. The molecule has 1 heterocycles. The zero-order valence-electron chi connectivity index (χ0n) is 19.9. The van der Waals surface area contributed by atoms with Crippen molar-refractivity contribution in [2.75, 3.05) is 32.0 Å². The summed E-state index contributed by atoms with van der Waals surface area (Å²) < 4.78 is 17.2. The number of benzene rings is 3. The minimum atomic E-state index is -0.361. The minimum Gasteiger partial charge on any atom is -0.497 e. The highest BCUT2D eigenvalue weighted by molar-refractivity contribution is 9.10. The molecule has 0 aromatic heterocycles. The Morgan fingerprint density at radius 2 is 1.54 bits per heavy atom. The quantitative estimate of drug-likeness (QED) is 0.391. The number of anilines is 2. The van der Waals surface area contributed by atoms with Crippen LogP contribution in [0.4, 0.5) is 11.4 Å². The number of ketones is 1. The average molecular weight is 535 g/mol. The average Bonchev–Trinajstić information content (AvgIpc) is 3.05. The molecule has 0 bridgehead atoms. The molecule has 2 aliphatic rings. The highest BCUT2D eigenvalue weighted by Gasteiger charge is 2.37. The molecule has 0 spiro atoms. The Hall–Kier alpha value is -3.45. The second kappa shape index (κ2) is 9.66. The summed E-state index contributed by atoms with van der Waals surface area (Å²) in [5.74, 6) is 2.24. The Kier molecular flexibility index (Phi) is 6.43. The first-order valence-corrected chi connectivity index (χ1v) is 12.3. The van der Waals surface area contributed by atoms with Gasteiger partial charge < -0.3 is 24.8 Å². The Balaban J connectivity index is 1.62. The number of allylic oxidation sites excluding steroid dienone is 1. The minimum absolute atomic E-state index is 0.0828. The molecule has 0 amide bonds. The lowest BCUT2D eigenvalue weighted by atomic mass is 9.78. The van der Waals surface area contributed by atoms with Crippen LogP contribution in [-0.2, 0) is 4.79 Å². The van der Waals surface area contributed by atoms with Crippen LogP contribution in [-0.4, -0.2) is 27.1 Å². The second-order valence-electron chi connectivity index (χ2n) is 8.67. The van der Waals surface area contributed by atoms with Gasteiger partial charge in [-0.2, -0.15) is 0 Å². The third kappa shape index (κ3) is 4.36. The molecule has 35 heavy (non-hydrogen) atoms. The van der Waals surface area contributed by atoms with Crippen molar-refractivity contribution in [1.29, 1.82) is 0 Å². The third-order valence-corrected chi connectivity index (χ3v) is 7.40. The standard InChI is InChI=1S/C28H27BrN2O4/c1-33-18-10-8-16(9-11-18)17-12-23-27(24(32)13-17)28(31-22-7-5-4-6-21(22)30-23)19-14-25(34-2)26(35-3)15-20(19)29/h4-11,14-15,17,28,30-31H,12-13H2,1-3H3. The summed E-state index contributed by atoms with van der Waals surface area (Å²) in [7, 11) is 4.88. The molecule has 3 aromatic carbocycles. The van der Waals surface area contributed by atoms with Gasteiger partial charge in [0.2, 0.25) is 0 Å². The van der Waals surface area contributed by atoms with Gasteiger partial charge in [0, 0.05) is 22.2 Å². The highest BCUT2D eigenvalue weighted by atomic mass is 79.9. The van der Waals surface area contributed by atoms with Gasteiger partial charge in [0.15, 0.2) is 17.3 Å². The summed E-state index contributed by atoms with van der Waals surface area (Å²) in [5.41, 5.74) is 5.60. The predicted molar refractivity (Wildman–Crippen MR) is 141 cm³/mol. The molecule has 180 valence electrons. The van der Waals surface area contributed by atoms with Gasteiger partial charge in [-0.1, -0.05) is 40.2 Å². The van der Waals surface area contributed by atoms with Crippen LogP contribution >= 0.6 is 15.9 Å². The summed E-state index contributed by atoms with van der Waals surface area (Å²) in [5, 5.41) is 7.21. The fourth-order valence-electron chi connectivity index (χ4n) is 4.93. The fourth-order valence-corrected chi connectivity index (χ4v) is 5.48. The van der Waals surface area contributed by atoms with E-state index >= 15 is 0 Å². The molecule has 1 aliphatic carbocycles. The summed E-state index contributed by atoms with van der Waals surface area (Å²) in [6.07, 6.45) is 1.16. The summed E-state index contributed by atoms with van der Waals surface area (Å²) in [6, 6.07) is 19.5. The van der Waals surface area contributed by atoms with E-state index in [-0.39, 0.29) is 17.7 Å². The number of Topliss-reactive ketones (excluding diaryl/α,β-unsaturated/α-hetero) is 1. The van der Waals surface area contributed by atoms with Crippen LogP contribution in [0.2, 0.25) is 0 Å². The van der Waals surface area contributed by atoms with Gasteiger partial charge in [-0.05, 0) is 59.9 Å². The molecule has 0 radical (unpaired) electrons. The smallest absolute Gasteiger partial charge is 0.163 e. The van der Waals surface area contributed by atoms with Crippen LogP contribution in [0.1, 0.15) is 35.9 Å². The number of carbonyl (C=O) groups is 1. The number of fused-ring (bicyclic) bond motifs is 1. The first-order chi connectivity index (χ1) is 17.0. The number of para-hydroxylation sites is 2. The first kappa shape index (κ1) is 23.3. The maximum absolute atomic E-state index is 13.8. The number of hydrogen-bond donors (Lipinski definition) is 2. The second-order valence-corrected chi connectivity index (χ2v) is 9.52. The van der Waals surface area contributed by atoms with Crippen LogP contribution in [0.5, 0.6) is 17.2 Å². The van der Waals surface area contributed by atoms with Gasteiger partial charge in [0.1, 0.15) is 5.75 Å². The topological polar surface area (TPSA) is 68.8 Å². The largest absolute Gasteiger partial charge is 0.497 e. The lowest BCUT2D eigenvalue weighted by Crippen LogP contribution is -2.27. The Labute approximate surface area is 213 Å². The molecule has 2 unspecified atom stereocenters. The molecular weight excluding hydrogens is 508 g/mol. The van der Waals surface area contributed by atoms with Crippen LogP contribution in [0.3, 0.4) is 0 Å². The zero-order valence-corrected chi connectivity index (χ0v) is 21.4. The van der Waals surface area contributed by atoms with Crippen LogP contribution < -0.4 is 24.8 Å². The van der Waals surface area contributed by atoms with E-state index in [1.807, 2.05) is 60.7 Å². The zero-order chi connectivity index (χ0) is 24.5. The van der Waals surface area contributed by atoms with Crippen molar-refractivity contribution >= 4 is 33.1 Å². The van der Waals surface area contributed by atoms with Gasteiger partial charge in [0.25, 0.3) is 0 Å². The summed E-state index contributed by atoms with van der Waals surface area (Å²) in [6.45, 7) is 0. The van der Waals surface area contributed by atoms with Crippen molar-refractivity contribution in [3.05, 3.63) is 87.5 Å². The van der Waals surface area contributed by atoms with Crippen molar-refractivity contribution in [3.63, 3.8) is 0 Å². The maximum atomic E-state index is 13.8. The van der Waals surface area contributed by atoms with Crippen LogP contribution in [0.25, 0.3) is 0 Å². The molecule has 7 heteroatoms. The van der Waals surface area contributed by atoms with E-state index in [4.69, 9.17) is 14.2 Å². The van der Waals surface area contributed by atoms with Crippen molar-refractivity contribution in [2.24, 2.45) is 0 Å². The molecule has 2 atom stereocenters. The fraction of sp³-hybridized carbons (Fsp3) is 0.250. The molecule has 0 saturated heterocycles. The van der Waals surface area contributed by atoms with Crippen molar-refractivity contribution in [3.8, 4) is 17.2 Å². The molecule has 0 fully saturated rings. The summed E-state index contributed by atoms with van der Waals surface area (Å²) in [4.78, 5) is 13.8. The Morgan fingerprint density at radius 3 is 2.23 bits per heavy atom. The molecule has 3 aromatic rings. The van der Waals surface area contributed by atoms with E-state index in [0.717, 1.165) is 50.4 Å². The van der Waals surface area contributed by atoms with Gasteiger partial charge >= 0.3 is 0 Å². The van der Waals surface area contributed by atoms with Crippen LogP contribution in [0.15, 0.2) is 76.4 Å². The van der Waals surface area contributed by atoms with Gasteiger partial charge in [-0.25, -0.2) is 0 Å². The number of nitrogens with one attached hydrogen (secondary N) is 2. The van der Waals surface area contributed by atoms with Gasteiger partial charge in [-0.3, -0.25) is 4.79 Å². The van der Waals surface area contributed by atoms with E-state index in [9.17, 15) is 4.79 Å². The van der Waals surface area contributed by atoms with E-state index < -0.39 is 0 Å². The van der Waals surface area contributed by atoms with Crippen molar-refractivity contribution in [2.45, 2.75) is 24.8 Å². The van der Waals surface area contributed by atoms with E-state index in [2.05, 4.69) is 26.6 Å². The molecule has 2 N–H and O–H groups in total. The number of carbonyl (C=O) groups excluding carboxylic acids is 1. The van der Waals surface area contributed by atoms with Gasteiger partial charge in [-0.15, -0.1) is 0 Å². The Morgan fingerprint density at radius 1 is 0.857 bits per heavy atom. The van der Waals surface area contributed by atoms with Crippen molar-refractivity contribution < 1.29 is 19.0 Å². The third-order valence-electron chi connectivity index (χ3n) is 6.71. The monoisotopic (exact) mass is 534 g/mol. The Bertz CT molecular complexity index is 1300. The highest BCUT2D eigenvalue weighted by Crippen LogP contribution is 2.47. The molecular formula is C28H27BrN2O4. The molecule has 0 saturated carbocycles. The van der Waals surface area contributed by atoms with Crippen LogP contribution in [0, 0.1) is 0 Å². The number of halogens is 1. The SMILES string of the molecule is COc1ccc(C2CC(=O)C3=C(C2)Nc2ccccc2NC3c2cc(OC)c(OC)cc2Br)cc1. The lowest BCUT2D eigenvalue weighted by molar-refractivity contribution is -0.116. The number of rotatable bonds is 5. The first-order valence-electron chi connectivity index (χ1n) is 11.5. The molecule has 1 aliphatic heterocycles. The number of methoxy groups -OCH3 is 3. The molecule has 5 rings (SSSR count). The van der Waals surface area contributed by atoms with E-state index in [1.54, 1.807) is 21.3 Å². The van der Waals surface area contributed by atoms with E-state index in [1.165, 1.54) is 0 Å². The van der Waals surface area contributed by atoms with Gasteiger partial charge in [0.05, 0.1) is 38.7 Å². The van der Waals surface area contributed by atoms with E-state index in [0.29, 0.717) is 17.9 Å². The predicted octanol–water partition coefficient (Wildman–Crippen LogP) is 6.45. The summed E-state index contributed by atoms with van der Waals surface area (Å²) >= 11 is 3.71. The lowest BCUT2D eigenvalue weighted by Gasteiger charge is -2.30. The molecule has 6 nitrogen and oxygen atoms in total. The van der Waals surface area contributed by atoms with Crippen molar-refractivity contribution in [1.82, 2.24) is 0 Å². The normalized spacial score (nSPS) is 19.0. The number of ether oxygens (including phenoxy) is 3. The number of hydrogen-bond acceptors (Lipinski definition) is 6.